The van der Waals surface area contributed by atoms with E-state index in [-0.39, 0.29) is 35.9 Å². The lowest BCUT2D eigenvalue weighted by Crippen LogP contribution is -2.44. The van der Waals surface area contributed by atoms with Crippen molar-refractivity contribution in [3.05, 3.63) is 61.7 Å². The normalized spacial score (nSPS) is 19.0. The Labute approximate surface area is 191 Å². The first-order valence-corrected chi connectivity index (χ1v) is 11.5. The van der Waals surface area contributed by atoms with Gasteiger partial charge in [-0.1, -0.05) is 27.7 Å². The molecule has 1 atom stereocenters. The van der Waals surface area contributed by atoms with E-state index < -0.39 is 11.6 Å². The monoisotopic (exact) mass is 450 g/mol. The number of aliphatic hydroxyl groups is 1. The topological polar surface area (TPSA) is 81.4 Å². The van der Waals surface area contributed by atoms with E-state index in [0.717, 1.165) is 22.1 Å². The zero-order valence-electron chi connectivity index (χ0n) is 19.5. The number of carbonyl (C=O) groups is 1. The van der Waals surface area contributed by atoms with Gasteiger partial charge >= 0.3 is 5.97 Å². The van der Waals surface area contributed by atoms with Crippen LogP contribution in [0.3, 0.4) is 0 Å². The highest BCUT2D eigenvalue weighted by Gasteiger charge is 2.45. The number of carbonyl (C=O) groups excluding carboxylic acids is 1. The smallest absolute Gasteiger partial charge is 0.343 e. The molecule has 3 aromatic rings. The molecule has 0 saturated carbocycles. The maximum atomic E-state index is 14.9. The summed E-state index contributed by atoms with van der Waals surface area (Å²) in [4.78, 5) is 30.6. The van der Waals surface area contributed by atoms with Gasteiger partial charge in [-0.15, -0.1) is 0 Å². The van der Waals surface area contributed by atoms with Gasteiger partial charge in [0, 0.05) is 22.6 Å². The van der Waals surface area contributed by atoms with E-state index in [1.54, 1.807) is 24.5 Å². The second kappa shape index (κ2) is 7.22. The number of ether oxygens (including phenoxy) is 1. The zero-order chi connectivity index (χ0) is 23.8. The van der Waals surface area contributed by atoms with Crippen molar-refractivity contribution in [2.45, 2.75) is 72.1 Å². The number of cyclic esters (lactones) is 1. The van der Waals surface area contributed by atoms with Crippen LogP contribution in [0.25, 0.3) is 22.3 Å². The molecule has 5 rings (SSSR count). The highest BCUT2D eigenvalue weighted by atomic mass is 19.1. The van der Waals surface area contributed by atoms with E-state index >= 15 is 0 Å². The summed E-state index contributed by atoms with van der Waals surface area (Å²) in [5.41, 5.74) is 3.67. The Bertz CT molecular complexity index is 1420. The molecule has 2 aliphatic rings. The van der Waals surface area contributed by atoms with Gasteiger partial charge in [0.05, 0.1) is 29.0 Å². The van der Waals surface area contributed by atoms with Gasteiger partial charge in [0.15, 0.2) is 5.60 Å². The van der Waals surface area contributed by atoms with Gasteiger partial charge in [-0.05, 0) is 48.4 Å². The molecule has 0 saturated heterocycles. The predicted molar refractivity (Wildman–Crippen MR) is 123 cm³/mol. The minimum atomic E-state index is -1.87. The van der Waals surface area contributed by atoms with Crippen LogP contribution in [0, 0.1) is 12.7 Å². The Balaban J connectivity index is 1.87. The SMILES string of the molecule is CCc1c2c(nc3cc(F)c(C)c(C(C)C)c13)-c1cc3c(c(=O)n1C2)COC(=O)[C@]3(O)CC. The first-order chi connectivity index (χ1) is 15.6. The number of rotatable bonds is 3. The number of fused-ring (bicyclic) bond motifs is 5. The number of aryl methyl sites for hydroxylation is 1. The van der Waals surface area contributed by atoms with Crippen LogP contribution >= 0.6 is 0 Å². The molecule has 0 spiro atoms. The van der Waals surface area contributed by atoms with E-state index in [0.29, 0.717) is 41.0 Å². The van der Waals surface area contributed by atoms with Crippen LogP contribution in [0.4, 0.5) is 4.39 Å². The third-order valence-electron chi connectivity index (χ3n) is 7.27. The molecule has 0 fully saturated rings. The Morgan fingerprint density at radius 1 is 1.24 bits per heavy atom. The number of hydrogen-bond acceptors (Lipinski definition) is 5. The van der Waals surface area contributed by atoms with Crippen LogP contribution in [-0.4, -0.2) is 20.6 Å². The van der Waals surface area contributed by atoms with Crippen LogP contribution in [0.1, 0.15) is 73.4 Å². The summed E-state index contributed by atoms with van der Waals surface area (Å²) >= 11 is 0. The number of esters is 1. The third kappa shape index (κ3) is 2.78. The van der Waals surface area contributed by atoms with E-state index in [4.69, 9.17) is 9.72 Å². The fraction of sp³-hybridized carbons (Fsp3) is 0.423. The van der Waals surface area contributed by atoms with Crippen molar-refractivity contribution >= 4 is 16.9 Å². The van der Waals surface area contributed by atoms with Gasteiger partial charge in [-0.2, -0.15) is 0 Å². The summed E-state index contributed by atoms with van der Waals surface area (Å²) in [7, 11) is 0. The lowest BCUT2D eigenvalue weighted by Gasteiger charge is -2.31. The van der Waals surface area contributed by atoms with Gasteiger partial charge in [-0.3, -0.25) is 4.79 Å². The number of halogens is 1. The molecule has 0 bridgehead atoms. The fourth-order valence-electron chi connectivity index (χ4n) is 5.55. The molecule has 6 nitrogen and oxygen atoms in total. The van der Waals surface area contributed by atoms with Crippen LogP contribution in [-0.2, 0) is 34.7 Å². The van der Waals surface area contributed by atoms with Crippen LogP contribution < -0.4 is 5.56 Å². The maximum absolute atomic E-state index is 14.9. The van der Waals surface area contributed by atoms with Crippen molar-refractivity contribution in [1.82, 2.24) is 9.55 Å². The van der Waals surface area contributed by atoms with Crippen molar-refractivity contribution in [2.24, 2.45) is 0 Å². The van der Waals surface area contributed by atoms with Gasteiger partial charge in [-0.25, -0.2) is 14.2 Å². The van der Waals surface area contributed by atoms with Gasteiger partial charge in [0.1, 0.15) is 12.4 Å². The maximum Gasteiger partial charge on any atom is 0.343 e. The molecule has 0 unspecified atom stereocenters. The Hall–Kier alpha value is -3.06. The van der Waals surface area contributed by atoms with E-state index in [1.165, 1.54) is 6.07 Å². The Kier molecular flexibility index (Phi) is 4.76. The average molecular weight is 451 g/mol. The van der Waals surface area contributed by atoms with Crippen LogP contribution in [0.15, 0.2) is 16.9 Å². The molecule has 7 heteroatoms. The summed E-state index contributed by atoms with van der Waals surface area (Å²) in [6, 6.07) is 3.16. The van der Waals surface area contributed by atoms with Crippen molar-refractivity contribution in [3.8, 4) is 11.4 Å². The zero-order valence-corrected chi connectivity index (χ0v) is 19.5. The lowest BCUT2D eigenvalue weighted by molar-refractivity contribution is -0.172. The molecule has 33 heavy (non-hydrogen) atoms. The summed E-state index contributed by atoms with van der Waals surface area (Å²) in [5, 5.41) is 12.0. The molecule has 2 aliphatic heterocycles. The molecule has 2 aromatic heterocycles. The van der Waals surface area contributed by atoms with Crippen molar-refractivity contribution in [1.29, 1.82) is 0 Å². The minimum Gasteiger partial charge on any atom is -0.458 e. The quantitative estimate of drug-likeness (QED) is 0.473. The summed E-state index contributed by atoms with van der Waals surface area (Å²) < 4.78 is 21.6. The van der Waals surface area contributed by atoms with Crippen LogP contribution in [0.2, 0.25) is 0 Å². The molecule has 1 aromatic carbocycles. The molecule has 1 N–H and O–H groups in total. The molecule has 0 radical (unpaired) electrons. The van der Waals surface area contributed by atoms with Crippen LogP contribution in [0.5, 0.6) is 0 Å². The highest BCUT2D eigenvalue weighted by Crippen LogP contribution is 2.42. The number of nitrogens with zero attached hydrogens (tertiary/aromatic N) is 2. The van der Waals surface area contributed by atoms with E-state index in [2.05, 4.69) is 6.92 Å². The fourth-order valence-corrected chi connectivity index (χ4v) is 5.55. The van der Waals surface area contributed by atoms with Crippen molar-refractivity contribution in [2.75, 3.05) is 0 Å². The summed E-state index contributed by atoms with van der Waals surface area (Å²) in [6.45, 7) is 9.80. The number of hydrogen-bond donors (Lipinski definition) is 1. The molecule has 0 aliphatic carbocycles. The molecular weight excluding hydrogens is 423 g/mol. The standard InChI is InChI=1S/C26H27FN2O4/c1-6-14-15-10-29-20(8-17-16(24(29)30)11-33-25(31)26(17,32)7-2)23(15)28-19-9-18(27)13(5)21(12(3)4)22(14)19/h8-9,12,32H,6-7,10-11H2,1-5H3/t26-/m0/s1. The highest BCUT2D eigenvalue weighted by molar-refractivity contribution is 5.92. The van der Waals surface area contributed by atoms with Gasteiger partial charge in [0.2, 0.25) is 0 Å². The first-order valence-electron chi connectivity index (χ1n) is 11.5. The lowest BCUT2D eigenvalue weighted by atomic mass is 9.85. The van der Waals surface area contributed by atoms with E-state index in [9.17, 15) is 19.1 Å². The Morgan fingerprint density at radius 2 is 1.97 bits per heavy atom. The molecule has 4 heterocycles. The summed E-state index contributed by atoms with van der Waals surface area (Å²) in [6.07, 6.45) is 0.789. The number of aromatic nitrogens is 2. The predicted octanol–water partition coefficient (Wildman–Crippen LogP) is 4.21. The molecule has 172 valence electrons. The number of benzene rings is 1. The van der Waals surface area contributed by atoms with Crippen molar-refractivity contribution in [3.63, 3.8) is 0 Å². The first kappa shape index (κ1) is 21.8. The van der Waals surface area contributed by atoms with Crippen molar-refractivity contribution < 1.29 is 19.0 Å². The molecular formula is C26H27FN2O4. The average Bonchev–Trinajstić information content (AvgIpc) is 3.14. The van der Waals surface area contributed by atoms with Gasteiger partial charge in [0.25, 0.3) is 5.56 Å². The Morgan fingerprint density at radius 3 is 2.61 bits per heavy atom. The third-order valence-corrected chi connectivity index (χ3v) is 7.27. The van der Waals surface area contributed by atoms with Gasteiger partial charge < -0.3 is 14.4 Å². The largest absolute Gasteiger partial charge is 0.458 e. The summed E-state index contributed by atoms with van der Waals surface area (Å²) in [5.74, 6) is -0.945. The van der Waals surface area contributed by atoms with E-state index in [1.807, 2.05) is 13.8 Å². The second-order valence-corrected chi connectivity index (χ2v) is 9.32. The second-order valence-electron chi connectivity index (χ2n) is 9.32. The number of pyridine rings is 2. The molecule has 0 amide bonds. The minimum absolute atomic E-state index is 0.0855.